The van der Waals surface area contributed by atoms with E-state index < -0.39 is 0 Å². The van der Waals surface area contributed by atoms with Gasteiger partial charge < -0.3 is 14.3 Å². The van der Waals surface area contributed by atoms with Crippen LogP contribution >= 0.6 is 23.8 Å². The second-order valence-corrected chi connectivity index (χ2v) is 4.56. The van der Waals surface area contributed by atoms with Crippen LogP contribution in [0.4, 0.5) is 0 Å². The number of aromatic amines is 1. The first-order valence-corrected chi connectivity index (χ1v) is 6.47. The molecule has 1 aromatic heterocycles. The number of nitrogens with one attached hydrogen (secondary N) is 1. The van der Waals surface area contributed by atoms with Gasteiger partial charge in [-0.1, -0.05) is 17.7 Å². The Kier molecular flexibility index (Phi) is 4.20. The number of aryl methyl sites for hydroxylation is 1. The lowest BCUT2D eigenvalue weighted by Gasteiger charge is -2.05. The Morgan fingerprint density at radius 2 is 2.29 bits per heavy atom. The zero-order valence-corrected chi connectivity index (χ0v) is 11.3. The van der Waals surface area contributed by atoms with Gasteiger partial charge in [0, 0.05) is 19.8 Å². The van der Waals surface area contributed by atoms with E-state index in [1.54, 1.807) is 0 Å². The summed E-state index contributed by atoms with van der Waals surface area (Å²) in [5.41, 5.74) is 1.97. The lowest BCUT2D eigenvalue weighted by atomic mass is 10.3. The number of rotatable bonds is 5. The number of H-pyrrole nitrogens is 1. The minimum Gasteiger partial charge on any atom is -0.382 e. The molecule has 0 aliphatic carbocycles. The molecule has 5 heteroatoms. The smallest absolute Gasteiger partial charge is 0.178 e. The highest BCUT2D eigenvalue weighted by Crippen LogP contribution is 2.23. The molecule has 0 saturated carbocycles. The number of benzene rings is 1. The lowest BCUT2D eigenvalue weighted by Crippen LogP contribution is -2.02. The molecule has 0 spiro atoms. The van der Waals surface area contributed by atoms with Crippen LogP contribution in [-0.4, -0.2) is 22.8 Å². The number of halogens is 1. The van der Waals surface area contributed by atoms with Gasteiger partial charge in [0.05, 0.1) is 16.1 Å². The molecule has 0 aliphatic heterocycles. The van der Waals surface area contributed by atoms with E-state index in [4.69, 9.17) is 28.6 Å². The van der Waals surface area contributed by atoms with Crippen molar-refractivity contribution < 1.29 is 4.74 Å². The monoisotopic (exact) mass is 270 g/mol. The first-order chi connectivity index (χ1) is 8.24. The number of imidazole rings is 1. The summed E-state index contributed by atoms with van der Waals surface area (Å²) in [6.45, 7) is 4.31. The summed E-state index contributed by atoms with van der Waals surface area (Å²) < 4.78 is 8.07. The van der Waals surface area contributed by atoms with Crippen molar-refractivity contribution in [3.63, 3.8) is 0 Å². The van der Waals surface area contributed by atoms with E-state index in [1.165, 1.54) is 0 Å². The van der Waals surface area contributed by atoms with E-state index >= 15 is 0 Å². The molecule has 0 radical (unpaired) electrons. The van der Waals surface area contributed by atoms with Gasteiger partial charge in [-0.25, -0.2) is 0 Å². The Balaban J connectivity index is 2.27. The van der Waals surface area contributed by atoms with Crippen molar-refractivity contribution in [2.45, 2.75) is 19.9 Å². The van der Waals surface area contributed by atoms with Crippen molar-refractivity contribution in [2.24, 2.45) is 0 Å². The normalized spacial score (nSPS) is 11.2. The molecule has 92 valence electrons. The summed E-state index contributed by atoms with van der Waals surface area (Å²) in [5, 5.41) is 0.728. The minimum atomic E-state index is 0.713. The van der Waals surface area contributed by atoms with Crippen molar-refractivity contribution in [3.05, 3.63) is 28.0 Å². The van der Waals surface area contributed by atoms with E-state index in [9.17, 15) is 0 Å². The van der Waals surface area contributed by atoms with Crippen LogP contribution < -0.4 is 0 Å². The predicted molar refractivity (Wildman–Crippen MR) is 73.2 cm³/mol. The van der Waals surface area contributed by atoms with Gasteiger partial charge in [-0.05, 0) is 37.7 Å². The third kappa shape index (κ3) is 2.70. The maximum Gasteiger partial charge on any atom is 0.178 e. The molecule has 0 bridgehead atoms. The third-order valence-electron chi connectivity index (χ3n) is 2.62. The Hall–Kier alpha value is -0.840. The summed E-state index contributed by atoms with van der Waals surface area (Å²) >= 11 is 11.5. The average molecular weight is 271 g/mol. The van der Waals surface area contributed by atoms with Gasteiger partial charge in [-0.2, -0.15) is 0 Å². The molecular formula is C12H15ClN2OS. The summed E-state index contributed by atoms with van der Waals surface area (Å²) in [7, 11) is 0. The first-order valence-electron chi connectivity index (χ1n) is 5.69. The van der Waals surface area contributed by atoms with E-state index in [-0.39, 0.29) is 0 Å². The molecular weight excluding hydrogens is 256 g/mol. The number of para-hydroxylation sites is 1. The third-order valence-corrected chi connectivity index (χ3v) is 3.25. The highest BCUT2D eigenvalue weighted by molar-refractivity contribution is 7.71. The van der Waals surface area contributed by atoms with Crippen LogP contribution in [-0.2, 0) is 11.3 Å². The standard InChI is InChI=1S/C12H15ClN2OS/c1-2-16-8-4-7-15-11-9(13)5-3-6-10(11)14-12(15)17/h3,5-6H,2,4,7-8H2,1H3,(H,14,17). The molecule has 0 unspecified atom stereocenters. The molecule has 0 fully saturated rings. The van der Waals surface area contributed by atoms with Crippen LogP contribution in [0.2, 0.25) is 5.02 Å². The number of ether oxygens (including phenoxy) is 1. The number of fused-ring (bicyclic) bond motifs is 1. The van der Waals surface area contributed by atoms with Gasteiger partial charge in [-0.15, -0.1) is 0 Å². The van der Waals surface area contributed by atoms with E-state index in [0.29, 0.717) is 4.77 Å². The summed E-state index contributed by atoms with van der Waals surface area (Å²) in [4.78, 5) is 3.16. The Bertz CT molecular complexity index is 561. The van der Waals surface area contributed by atoms with Gasteiger partial charge in [0.15, 0.2) is 4.77 Å². The Morgan fingerprint density at radius 1 is 1.47 bits per heavy atom. The molecule has 0 saturated heterocycles. The summed E-state index contributed by atoms with van der Waals surface area (Å²) in [6.07, 6.45) is 0.931. The van der Waals surface area contributed by atoms with Gasteiger partial charge in [0.25, 0.3) is 0 Å². The van der Waals surface area contributed by atoms with Crippen LogP contribution in [0.1, 0.15) is 13.3 Å². The Morgan fingerprint density at radius 3 is 3.06 bits per heavy atom. The van der Waals surface area contributed by atoms with Crippen molar-refractivity contribution >= 4 is 34.9 Å². The highest BCUT2D eigenvalue weighted by atomic mass is 35.5. The quantitative estimate of drug-likeness (QED) is 0.662. The number of nitrogens with zero attached hydrogens (tertiary/aromatic N) is 1. The van der Waals surface area contributed by atoms with Gasteiger partial charge in [0.1, 0.15) is 0 Å². The first kappa shape index (κ1) is 12.6. The van der Waals surface area contributed by atoms with Crippen molar-refractivity contribution in [2.75, 3.05) is 13.2 Å². The molecule has 2 rings (SSSR count). The maximum absolute atomic E-state index is 6.20. The second-order valence-electron chi connectivity index (χ2n) is 3.77. The topological polar surface area (TPSA) is 29.9 Å². The lowest BCUT2D eigenvalue weighted by molar-refractivity contribution is 0.142. The van der Waals surface area contributed by atoms with Crippen LogP contribution in [0, 0.1) is 4.77 Å². The fourth-order valence-electron chi connectivity index (χ4n) is 1.86. The fraction of sp³-hybridized carbons (Fsp3) is 0.417. The van der Waals surface area contributed by atoms with Crippen LogP contribution in [0.3, 0.4) is 0 Å². The van der Waals surface area contributed by atoms with Crippen LogP contribution in [0.25, 0.3) is 11.0 Å². The van der Waals surface area contributed by atoms with Crippen LogP contribution in [0.15, 0.2) is 18.2 Å². The molecule has 0 atom stereocenters. The second kappa shape index (κ2) is 5.67. The molecule has 1 N–H and O–H groups in total. The zero-order valence-electron chi connectivity index (χ0n) is 9.70. The predicted octanol–water partition coefficient (Wildman–Crippen LogP) is 3.78. The van der Waals surface area contributed by atoms with E-state index in [0.717, 1.165) is 42.2 Å². The summed E-state index contributed by atoms with van der Waals surface area (Å²) in [5.74, 6) is 0. The molecule has 0 amide bonds. The Labute approximate surface area is 110 Å². The SMILES string of the molecule is CCOCCCn1c(=S)[nH]c2cccc(Cl)c21. The molecule has 17 heavy (non-hydrogen) atoms. The largest absolute Gasteiger partial charge is 0.382 e. The highest BCUT2D eigenvalue weighted by Gasteiger charge is 2.07. The summed E-state index contributed by atoms with van der Waals surface area (Å²) in [6, 6.07) is 5.78. The molecule has 0 aliphatic rings. The molecule has 2 aromatic rings. The van der Waals surface area contributed by atoms with E-state index in [1.807, 2.05) is 29.7 Å². The van der Waals surface area contributed by atoms with Gasteiger partial charge in [0.2, 0.25) is 0 Å². The van der Waals surface area contributed by atoms with Gasteiger partial charge in [-0.3, -0.25) is 0 Å². The number of hydrogen-bond acceptors (Lipinski definition) is 2. The van der Waals surface area contributed by atoms with Crippen molar-refractivity contribution in [1.82, 2.24) is 9.55 Å². The molecule has 1 heterocycles. The average Bonchev–Trinajstić information content (AvgIpc) is 2.62. The van der Waals surface area contributed by atoms with E-state index in [2.05, 4.69) is 4.98 Å². The maximum atomic E-state index is 6.20. The number of hydrogen-bond donors (Lipinski definition) is 1. The van der Waals surface area contributed by atoms with Crippen LogP contribution in [0.5, 0.6) is 0 Å². The molecule has 3 nitrogen and oxygen atoms in total. The number of aromatic nitrogens is 2. The minimum absolute atomic E-state index is 0.713. The molecule has 1 aromatic carbocycles. The van der Waals surface area contributed by atoms with Gasteiger partial charge >= 0.3 is 0 Å². The van der Waals surface area contributed by atoms with Crippen molar-refractivity contribution in [1.29, 1.82) is 0 Å². The zero-order chi connectivity index (χ0) is 12.3. The van der Waals surface area contributed by atoms with Crippen molar-refractivity contribution in [3.8, 4) is 0 Å². The fourth-order valence-corrected chi connectivity index (χ4v) is 2.43.